The maximum absolute atomic E-state index is 13.0. The van der Waals surface area contributed by atoms with E-state index in [0.29, 0.717) is 26.3 Å². The molecule has 28 heteroatoms. The standard InChI is InChI=1S/C17H13F6N5O2.C11H9ClF3N3.C6H5F3N2O2.ClH/c1-27-15(11(7-29)14(26-27)17(21,22)23)30-8-10-3-2-5-24-13(10)12-4-6-25-28(12)9-16(18,19)20;12-6-8-2-1-4-16-10(8)9-3-5-17-18(9)7-11(13,14)15;1-11-5(13)3(2-12)4(10-11)6(7,8)9;/h2-7H,8-9H2,1H3;1-5H,6-7H2;2,10H,1H3;1H. The molecule has 6 rings (SSSR count). The summed E-state index contributed by atoms with van der Waals surface area (Å²) in [6.07, 6.45) is -13.2. The van der Waals surface area contributed by atoms with Gasteiger partial charge in [0.25, 0.3) is 5.56 Å². The molecule has 14 nitrogen and oxygen atoms in total. The van der Waals surface area contributed by atoms with Gasteiger partial charge in [0.05, 0.1) is 22.8 Å². The third kappa shape index (κ3) is 12.7. The number of hydrogen-bond donors (Lipinski definition) is 1. The summed E-state index contributed by atoms with van der Waals surface area (Å²) >= 11 is 5.74. The molecule has 0 amide bonds. The Balaban J connectivity index is 0.000000272. The molecule has 0 bridgehead atoms. The highest BCUT2D eigenvalue weighted by atomic mass is 35.5. The molecule has 6 aromatic rings. The Morgan fingerprint density at radius 1 is 0.710 bits per heavy atom. The molecule has 0 fully saturated rings. The first-order chi connectivity index (χ1) is 28.4. The van der Waals surface area contributed by atoms with Crippen molar-refractivity contribution in [2.75, 3.05) is 0 Å². The second kappa shape index (κ2) is 20.1. The molecule has 0 radical (unpaired) electrons. The first-order valence-electron chi connectivity index (χ1n) is 16.5. The Morgan fingerprint density at radius 3 is 1.61 bits per heavy atom. The number of ether oxygens (including phenoxy) is 1. The second-order valence-electron chi connectivity index (χ2n) is 12.1. The van der Waals surface area contributed by atoms with Gasteiger partial charge < -0.3 is 4.74 Å². The van der Waals surface area contributed by atoms with E-state index in [1.807, 2.05) is 0 Å². The fourth-order valence-corrected chi connectivity index (χ4v) is 5.49. The quantitative estimate of drug-likeness (QED) is 0.0820. The average Bonchev–Trinajstić information content (AvgIpc) is 3.96. The van der Waals surface area contributed by atoms with E-state index in [4.69, 9.17) is 16.3 Å². The van der Waals surface area contributed by atoms with E-state index >= 15 is 0 Å². The van der Waals surface area contributed by atoms with Crippen LogP contribution in [0, 0.1) is 0 Å². The number of nitrogens with one attached hydrogen (secondary N) is 1. The topological polar surface area (TPSA) is 160 Å². The van der Waals surface area contributed by atoms with Crippen molar-refractivity contribution in [2.24, 2.45) is 14.1 Å². The van der Waals surface area contributed by atoms with Crippen molar-refractivity contribution < 1.29 is 67.0 Å². The minimum Gasteiger partial charge on any atom is -0.472 e. The average molecular weight is 940 g/mol. The zero-order valence-corrected chi connectivity index (χ0v) is 32.8. The fraction of sp³-hybridized carbons (Fsp3) is 0.294. The van der Waals surface area contributed by atoms with Crippen molar-refractivity contribution in [1.82, 2.24) is 49.1 Å². The van der Waals surface area contributed by atoms with Gasteiger partial charge in [-0.25, -0.2) is 4.68 Å². The molecule has 0 aliphatic carbocycles. The number of carbonyl (C=O) groups is 2. The molecule has 0 aromatic carbocycles. The molecule has 0 aliphatic rings. The predicted molar refractivity (Wildman–Crippen MR) is 194 cm³/mol. The SMILES string of the molecule is Cl.Cn1[nH]c(C(F)(F)F)c(C=O)c1=O.Cn1nc(C(F)(F)F)c(C=O)c1OCc1cccnc1-c1ccnn1CC(F)(F)F.FC(F)(F)Cn1nccc1-c1ncccc1CCl. The number of aromatic nitrogens is 10. The Morgan fingerprint density at radius 2 is 1.19 bits per heavy atom. The van der Waals surface area contributed by atoms with Crippen LogP contribution in [0.5, 0.6) is 5.88 Å². The lowest BCUT2D eigenvalue weighted by atomic mass is 10.1. The molecule has 0 aliphatic heterocycles. The van der Waals surface area contributed by atoms with Gasteiger partial charge in [0.2, 0.25) is 5.88 Å². The molecule has 0 saturated heterocycles. The highest BCUT2D eigenvalue weighted by molar-refractivity contribution is 6.17. The summed E-state index contributed by atoms with van der Waals surface area (Å²) in [7, 11) is 2.27. The number of aromatic amines is 1. The van der Waals surface area contributed by atoms with Crippen molar-refractivity contribution >= 4 is 36.6 Å². The molecule has 62 heavy (non-hydrogen) atoms. The Hall–Kier alpha value is -6.18. The first kappa shape index (κ1) is 50.2. The van der Waals surface area contributed by atoms with Crippen molar-refractivity contribution in [3.05, 3.63) is 105 Å². The van der Waals surface area contributed by atoms with Gasteiger partial charge in [-0.05, 0) is 29.8 Å². The first-order valence-corrected chi connectivity index (χ1v) is 17.1. The van der Waals surface area contributed by atoms with Crippen LogP contribution < -0.4 is 10.3 Å². The summed E-state index contributed by atoms with van der Waals surface area (Å²) in [5.41, 5.74) is -3.54. The van der Waals surface area contributed by atoms with E-state index in [2.05, 4.69) is 25.3 Å². The molecule has 6 heterocycles. The third-order valence-corrected chi connectivity index (χ3v) is 8.06. The highest BCUT2D eigenvalue weighted by Crippen LogP contribution is 2.35. The number of rotatable bonds is 10. The van der Waals surface area contributed by atoms with Crippen molar-refractivity contribution in [3.8, 4) is 28.7 Å². The lowest BCUT2D eigenvalue weighted by molar-refractivity contribution is -0.143. The van der Waals surface area contributed by atoms with Gasteiger partial charge in [-0.1, -0.05) is 12.1 Å². The number of alkyl halides is 13. The predicted octanol–water partition coefficient (Wildman–Crippen LogP) is 7.86. The van der Waals surface area contributed by atoms with E-state index in [-0.39, 0.29) is 54.4 Å². The summed E-state index contributed by atoms with van der Waals surface area (Å²) in [5, 5.41) is 12.3. The van der Waals surface area contributed by atoms with Gasteiger partial charge in [0, 0.05) is 50.3 Å². The molecular weight excluding hydrogens is 911 g/mol. The number of pyridine rings is 2. The molecule has 6 aromatic heterocycles. The summed E-state index contributed by atoms with van der Waals surface area (Å²) in [6.45, 7) is -2.87. The number of aryl methyl sites for hydroxylation is 2. The summed E-state index contributed by atoms with van der Waals surface area (Å²) in [6, 6.07) is 9.18. The number of carbonyl (C=O) groups excluding carboxylic acids is 2. The van der Waals surface area contributed by atoms with Crippen LogP contribution in [0.4, 0.5) is 52.7 Å². The lowest BCUT2D eigenvalue weighted by Gasteiger charge is -2.13. The fourth-order valence-electron chi connectivity index (χ4n) is 5.27. The van der Waals surface area contributed by atoms with Crippen LogP contribution >= 0.6 is 24.0 Å². The van der Waals surface area contributed by atoms with Crippen LogP contribution in [0.3, 0.4) is 0 Å². The van der Waals surface area contributed by atoms with Gasteiger partial charge in [-0.2, -0.15) is 68.0 Å². The maximum atomic E-state index is 13.0. The molecule has 0 atom stereocenters. The van der Waals surface area contributed by atoms with E-state index in [9.17, 15) is 67.1 Å². The van der Waals surface area contributed by atoms with Gasteiger partial charge in [0.1, 0.15) is 30.8 Å². The minimum absolute atomic E-state index is 0. The number of halogens is 14. The number of aldehydes is 2. The Bertz CT molecular complexity index is 2500. The smallest absolute Gasteiger partial charge is 0.436 e. The third-order valence-electron chi connectivity index (χ3n) is 7.77. The van der Waals surface area contributed by atoms with Crippen LogP contribution in [0.1, 0.15) is 43.2 Å². The molecule has 0 spiro atoms. The van der Waals surface area contributed by atoms with E-state index in [1.165, 1.54) is 56.1 Å². The molecule has 336 valence electrons. The van der Waals surface area contributed by atoms with Crippen LogP contribution in [0.15, 0.2) is 66.0 Å². The highest BCUT2D eigenvalue weighted by Gasteiger charge is 2.40. The van der Waals surface area contributed by atoms with Crippen molar-refractivity contribution in [1.29, 1.82) is 0 Å². The van der Waals surface area contributed by atoms with Crippen LogP contribution in [0.2, 0.25) is 0 Å². The monoisotopic (exact) mass is 938 g/mol. The van der Waals surface area contributed by atoms with Gasteiger partial charge >= 0.3 is 24.7 Å². The zero-order chi connectivity index (χ0) is 45.5. The lowest BCUT2D eigenvalue weighted by Crippen LogP contribution is -2.19. The van der Waals surface area contributed by atoms with Crippen LogP contribution in [-0.2, 0) is 52.0 Å². The molecule has 0 saturated carbocycles. The Labute approximate surface area is 350 Å². The van der Waals surface area contributed by atoms with Crippen LogP contribution in [-0.4, -0.2) is 74.0 Å². The normalized spacial score (nSPS) is 11.8. The van der Waals surface area contributed by atoms with Gasteiger partial charge in [0.15, 0.2) is 24.0 Å². The van der Waals surface area contributed by atoms with Crippen molar-refractivity contribution in [2.45, 2.75) is 50.3 Å². The van der Waals surface area contributed by atoms with Gasteiger partial charge in [-0.3, -0.25) is 43.5 Å². The minimum atomic E-state index is -4.86. The van der Waals surface area contributed by atoms with Crippen LogP contribution in [0.25, 0.3) is 22.8 Å². The zero-order valence-electron chi connectivity index (χ0n) is 31.2. The van der Waals surface area contributed by atoms with Crippen molar-refractivity contribution in [3.63, 3.8) is 0 Å². The summed E-state index contributed by atoms with van der Waals surface area (Å²) < 4.78 is 159. The molecule has 0 unspecified atom stereocenters. The van der Waals surface area contributed by atoms with E-state index in [0.717, 1.165) is 16.4 Å². The maximum Gasteiger partial charge on any atom is 0.436 e. The largest absolute Gasteiger partial charge is 0.472 e. The summed E-state index contributed by atoms with van der Waals surface area (Å²) in [4.78, 5) is 40.4. The van der Waals surface area contributed by atoms with E-state index in [1.54, 1.807) is 17.2 Å². The second-order valence-corrected chi connectivity index (χ2v) is 12.4. The number of hydrogen-bond acceptors (Lipinski definition) is 9. The molecular formula is C34H28Cl2F12N10O4. The molecule has 1 N–H and O–H groups in total. The van der Waals surface area contributed by atoms with Gasteiger partial charge in [-0.15, -0.1) is 24.0 Å². The number of H-pyrrole nitrogens is 1. The summed E-state index contributed by atoms with van der Waals surface area (Å²) in [5.74, 6) is -0.253. The number of nitrogens with zero attached hydrogens (tertiary/aromatic N) is 9. The Kier molecular flexibility index (Phi) is 16.3. The van der Waals surface area contributed by atoms with E-state index < -0.39 is 71.7 Å².